The Hall–Kier alpha value is -2.63. The van der Waals surface area contributed by atoms with E-state index in [0.717, 1.165) is 36.9 Å². The molecule has 1 aliphatic rings. The smallest absolute Gasteiger partial charge is 0.274 e. The Balaban J connectivity index is 1.74. The summed E-state index contributed by atoms with van der Waals surface area (Å²) in [5.74, 6) is -0.494. The molecule has 126 valence electrons. The van der Waals surface area contributed by atoms with Crippen LogP contribution in [0.25, 0.3) is 0 Å². The molecular formula is C18H22N4O2. The minimum Gasteiger partial charge on any atom is -0.366 e. The number of nitrogens with one attached hydrogen (secondary N) is 1. The van der Waals surface area contributed by atoms with Crippen molar-refractivity contribution >= 4 is 11.8 Å². The van der Waals surface area contributed by atoms with Crippen LogP contribution in [-0.4, -0.2) is 33.0 Å². The average molecular weight is 326 g/mol. The molecule has 2 amide bonds. The Morgan fingerprint density at radius 2 is 2.00 bits per heavy atom. The molecular weight excluding hydrogens is 304 g/mol. The number of aromatic nitrogens is 2. The number of nitrogens with zero attached hydrogens (tertiary/aromatic N) is 2. The van der Waals surface area contributed by atoms with Gasteiger partial charge in [-0.15, -0.1) is 0 Å². The maximum Gasteiger partial charge on any atom is 0.274 e. The predicted molar refractivity (Wildman–Crippen MR) is 90.4 cm³/mol. The molecule has 0 radical (unpaired) electrons. The first-order valence-electron chi connectivity index (χ1n) is 8.32. The van der Waals surface area contributed by atoms with E-state index >= 15 is 0 Å². The SMILES string of the molecule is CCCc1cc(C(=O)N(Cc2ccc(C(N)=O)cc2)C2CC2)n[nH]1. The van der Waals surface area contributed by atoms with Gasteiger partial charge in [0.25, 0.3) is 5.91 Å². The number of amides is 2. The summed E-state index contributed by atoms with van der Waals surface area (Å²) in [6.07, 6.45) is 3.95. The second kappa shape index (κ2) is 6.86. The molecule has 1 heterocycles. The zero-order valence-corrected chi connectivity index (χ0v) is 13.8. The Labute approximate surface area is 141 Å². The number of aryl methyl sites for hydroxylation is 1. The molecule has 1 saturated carbocycles. The van der Waals surface area contributed by atoms with Crippen LogP contribution >= 0.6 is 0 Å². The summed E-state index contributed by atoms with van der Waals surface area (Å²) in [4.78, 5) is 25.8. The van der Waals surface area contributed by atoms with Crippen LogP contribution in [-0.2, 0) is 13.0 Å². The average Bonchev–Trinajstić information content (AvgIpc) is 3.31. The first-order chi connectivity index (χ1) is 11.6. The van der Waals surface area contributed by atoms with Crippen LogP contribution < -0.4 is 5.73 Å². The lowest BCUT2D eigenvalue weighted by molar-refractivity contribution is 0.0723. The highest BCUT2D eigenvalue weighted by Gasteiger charge is 2.34. The fraction of sp³-hybridized carbons (Fsp3) is 0.389. The van der Waals surface area contributed by atoms with Crippen molar-refractivity contribution in [3.8, 4) is 0 Å². The Morgan fingerprint density at radius 3 is 2.58 bits per heavy atom. The highest BCUT2D eigenvalue weighted by Crippen LogP contribution is 2.29. The maximum absolute atomic E-state index is 12.8. The van der Waals surface area contributed by atoms with Crippen molar-refractivity contribution in [1.82, 2.24) is 15.1 Å². The van der Waals surface area contributed by atoms with Gasteiger partial charge >= 0.3 is 0 Å². The summed E-state index contributed by atoms with van der Waals surface area (Å²) >= 11 is 0. The molecule has 1 aliphatic carbocycles. The summed E-state index contributed by atoms with van der Waals surface area (Å²) in [5.41, 5.74) is 8.17. The number of rotatable bonds is 7. The second-order valence-electron chi connectivity index (χ2n) is 6.25. The monoisotopic (exact) mass is 326 g/mol. The fourth-order valence-corrected chi connectivity index (χ4v) is 2.74. The summed E-state index contributed by atoms with van der Waals surface area (Å²) in [6.45, 7) is 2.60. The third kappa shape index (κ3) is 3.64. The second-order valence-corrected chi connectivity index (χ2v) is 6.25. The quantitative estimate of drug-likeness (QED) is 0.817. The van der Waals surface area contributed by atoms with Gasteiger partial charge in [0.1, 0.15) is 5.69 Å². The van der Waals surface area contributed by atoms with Crippen LogP contribution in [0.15, 0.2) is 30.3 Å². The molecule has 1 aromatic carbocycles. The minimum absolute atomic E-state index is 0.0462. The number of hydrogen-bond donors (Lipinski definition) is 2. The Kier molecular flexibility index (Phi) is 4.64. The normalized spacial score (nSPS) is 13.7. The Morgan fingerprint density at radius 1 is 1.29 bits per heavy atom. The minimum atomic E-state index is -0.448. The predicted octanol–water partition coefficient (Wildman–Crippen LogP) is 2.27. The number of primary amides is 1. The summed E-state index contributed by atoms with van der Waals surface area (Å²) in [6, 6.07) is 9.20. The number of carbonyl (C=O) groups excluding carboxylic acids is 2. The molecule has 6 heteroatoms. The van der Waals surface area contributed by atoms with Gasteiger partial charge in [-0.1, -0.05) is 25.5 Å². The van der Waals surface area contributed by atoms with E-state index in [9.17, 15) is 9.59 Å². The third-order valence-corrected chi connectivity index (χ3v) is 4.21. The van der Waals surface area contributed by atoms with Gasteiger partial charge in [0.05, 0.1) is 0 Å². The summed E-state index contributed by atoms with van der Waals surface area (Å²) in [7, 11) is 0. The zero-order chi connectivity index (χ0) is 17.1. The van der Waals surface area contributed by atoms with Crippen molar-refractivity contribution in [2.45, 2.75) is 45.2 Å². The van der Waals surface area contributed by atoms with Crippen molar-refractivity contribution < 1.29 is 9.59 Å². The topological polar surface area (TPSA) is 92.1 Å². The largest absolute Gasteiger partial charge is 0.366 e. The molecule has 0 unspecified atom stereocenters. The number of hydrogen-bond acceptors (Lipinski definition) is 3. The van der Waals surface area contributed by atoms with Crippen LogP contribution in [0.1, 0.15) is 58.3 Å². The van der Waals surface area contributed by atoms with Gasteiger partial charge in [0.15, 0.2) is 0 Å². The molecule has 1 aromatic heterocycles. The Bertz CT molecular complexity index is 732. The molecule has 0 saturated heterocycles. The molecule has 2 aromatic rings. The zero-order valence-electron chi connectivity index (χ0n) is 13.8. The molecule has 1 fully saturated rings. The maximum atomic E-state index is 12.8. The van der Waals surface area contributed by atoms with E-state index in [0.29, 0.717) is 17.8 Å². The summed E-state index contributed by atoms with van der Waals surface area (Å²) < 4.78 is 0. The molecule has 0 bridgehead atoms. The molecule has 3 N–H and O–H groups in total. The van der Waals surface area contributed by atoms with Gasteiger partial charge in [0, 0.05) is 23.8 Å². The molecule has 24 heavy (non-hydrogen) atoms. The number of H-pyrrole nitrogens is 1. The van der Waals surface area contributed by atoms with Gasteiger partial charge in [0.2, 0.25) is 5.91 Å². The van der Waals surface area contributed by atoms with E-state index in [1.54, 1.807) is 12.1 Å². The van der Waals surface area contributed by atoms with Crippen molar-refractivity contribution in [1.29, 1.82) is 0 Å². The number of carbonyl (C=O) groups is 2. The molecule has 3 rings (SSSR count). The van der Waals surface area contributed by atoms with Gasteiger partial charge in [-0.25, -0.2) is 0 Å². The number of benzene rings is 1. The molecule has 6 nitrogen and oxygen atoms in total. The lowest BCUT2D eigenvalue weighted by Crippen LogP contribution is -2.32. The lowest BCUT2D eigenvalue weighted by atomic mass is 10.1. The fourth-order valence-electron chi connectivity index (χ4n) is 2.74. The van der Waals surface area contributed by atoms with Crippen molar-refractivity contribution in [2.24, 2.45) is 5.73 Å². The third-order valence-electron chi connectivity index (χ3n) is 4.21. The van der Waals surface area contributed by atoms with Crippen LogP contribution in [0, 0.1) is 0 Å². The number of aromatic amines is 1. The van der Waals surface area contributed by atoms with E-state index in [1.165, 1.54) is 0 Å². The first-order valence-corrected chi connectivity index (χ1v) is 8.32. The lowest BCUT2D eigenvalue weighted by Gasteiger charge is -2.21. The molecule has 0 atom stereocenters. The molecule has 0 spiro atoms. The van der Waals surface area contributed by atoms with Crippen LogP contribution in [0.4, 0.5) is 0 Å². The van der Waals surface area contributed by atoms with Crippen molar-refractivity contribution in [3.05, 3.63) is 52.8 Å². The van der Waals surface area contributed by atoms with Crippen molar-refractivity contribution in [2.75, 3.05) is 0 Å². The van der Waals surface area contributed by atoms with Crippen LogP contribution in [0.2, 0.25) is 0 Å². The molecule has 0 aliphatic heterocycles. The van der Waals surface area contributed by atoms with Crippen molar-refractivity contribution in [3.63, 3.8) is 0 Å². The van der Waals surface area contributed by atoms with Crippen LogP contribution in [0.3, 0.4) is 0 Å². The highest BCUT2D eigenvalue weighted by molar-refractivity contribution is 5.93. The van der Waals surface area contributed by atoms with Gasteiger partial charge in [-0.05, 0) is 43.0 Å². The standard InChI is InChI=1S/C18H22N4O2/c1-2-3-14-10-16(21-20-14)18(24)22(15-8-9-15)11-12-4-6-13(7-5-12)17(19)23/h4-7,10,15H,2-3,8-9,11H2,1H3,(H2,19,23)(H,20,21). The van der Waals surface area contributed by atoms with E-state index in [4.69, 9.17) is 5.73 Å². The highest BCUT2D eigenvalue weighted by atomic mass is 16.2. The van der Waals surface area contributed by atoms with E-state index in [2.05, 4.69) is 17.1 Å². The van der Waals surface area contributed by atoms with E-state index < -0.39 is 5.91 Å². The van der Waals surface area contributed by atoms with E-state index in [-0.39, 0.29) is 11.9 Å². The summed E-state index contributed by atoms with van der Waals surface area (Å²) in [5, 5.41) is 7.10. The van der Waals surface area contributed by atoms with Gasteiger partial charge in [-0.2, -0.15) is 5.10 Å². The van der Waals surface area contributed by atoms with Gasteiger partial charge < -0.3 is 10.6 Å². The van der Waals surface area contributed by atoms with Gasteiger partial charge in [-0.3, -0.25) is 14.7 Å². The van der Waals surface area contributed by atoms with Crippen LogP contribution in [0.5, 0.6) is 0 Å². The first kappa shape index (κ1) is 16.2. The number of nitrogens with two attached hydrogens (primary N) is 1. The van der Waals surface area contributed by atoms with E-state index in [1.807, 2.05) is 23.1 Å².